The molecule has 0 atom stereocenters. The first-order valence-corrected chi connectivity index (χ1v) is 8.07. The van der Waals surface area contributed by atoms with Crippen molar-refractivity contribution < 1.29 is 4.79 Å². The second-order valence-corrected chi connectivity index (χ2v) is 5.93. The van der Waals surface area contributed by atoms with Gasteiger partial charge in [0.05, 0.1) is 29.9 Å². The van der Waals surface area contributed by atoms with E-state index in [1.54, 1.807) is 23.5 Å². The minimum Gasteiger partial charge on any atom is -0.396 e. The van der Waals surface area contributed by atoms with E-state index in [1.165, 1.54) is 0 Å². The van der Waals surface area contributed by atoms with Crippen LogP contribution in [0.2, 0.25) is 0 Å². The smallest absolute Gasteiger partial charge is 0.323 e. The summed E-state index contributed by atoms with van der Waals surface area (Å²) in [5.74, 6) is 0.380. The summed E-state index contributed by atoms with van der Waals surface area (Å²) in [6, 6.07) is 13.2. The lowest BCUT2D eigenvalue weighted by Crippen LogP contribution is -2.40. The van der Waals surface area contributed by atoms with Crippen LogP contribution in [0.4, 0.5) is 16.3 Å². The molecule has 126 valence electrons. The number of nitrogens with two attached hydrogens (primary N) is 1. The summed E-state index contributed by atoms with van der Waals surface area (Å²) < 4.78 is 2.05. The molecule has 3 aromatic rings. The third-order valence-electron chi connectivity index (χ3n) is 4.27. The quantitative estimate of drug-likeness (QED) is 0.754. The molecule has 2 aromatic heterocycles. The van der Waals surface area contributed by atoms with Crippen LogP contribution in [0.1, 0.15) is 5.69 Å². The highest BCUT2D eigenvalue weighted by atomic mass is 16.2. The van der Waals surface area contributed by atoms with Crippen LogP contribution in [0, 0.1) is 0 Å². The minimum absolute atomic E-state index is 0.211. The molecule has 0 fully saturated rings. The predicted octanol–water partition coefficient (Wildman–Crippen LogP) is 2.58. The Labute approximate surface area is 145 Å². The summed E-state index contributed by atoms with van der Waals surface area (Å²) in [6.45, 7) is 1.87. The van der Waals surface area contributed by atoms with Gasteiger partial charge in [0.25, 0.3) is 0 Å². The van der Waals surface area contributed by atoms with E-state index in [-0.39, 0.29) is 6.03 Å². The first-order chi connectivity index (χ1) is 12.2. The summed E-state index contributed by atoms with van der Waals surface area (Å²) in [5, 5.41) is 2.83. The maximum absolute atomic E-state index is 12.6. The van der Waals surface area contributed by atoms with Gasteiger partial charge in [0.1, 0.15) is 0 Å². The summed E-state index contributed by atoms with van der Waals surface area (Å²) in [4.78, 5) is 22.9. The molecule has 0 saturated heterocycles. The highest BCUT2D eigenvalue weighted by Gasteiger charge is 2.21. The third kappa shape index (κ3) is 3.03. The Bertz CT molecular complexity index is 905. The maximum atomic E-state index is 12.6. The molecule has 1 aliphatic heterocycles. The van der Waals surface area contributed by atoms with Crippen LogP contribution in [-0.4, -0.2) is 32.0 Å². The van der Waals surface area contributed by atoms with Crippen LogP contribution in [0.25, 0.3) is 11.3 Å². The summed E-state index contributed by atoms with van der Waals surface area (Å²) >= 11 is 0. The summed E-state index contributed by atoms with van der Waals surface area (Å²) in [7, 11) is 0. The van der Waals surface area contributed by atoms with Gasteiger partial charge in [0.2, 0.25) is 0 Å². The number of hydrogen-bond acceptors (Lipinski definition) is 4. The summed E-state index contributed by atoms with van der Waals surface area (Å²) in [5.41, 5.74) is 9.19. The average molecular weight is 334 g/mol. The number of nitrogen functional groups attached to an aromatic ring is 1. The molecular formula is C18H18N6O. The highest BCUT2D eigenvalue weighted by Crippen LogP contribution is 2.23. The number of carbonyl (C=O) groups is 1. The molecule has 0 unspecified atom stereocenters. The van der Waals surface area contributed by atoms with E-state index in [0.29, 0.717) is 24.6 Å². The average Bonchev–Trinajstić information content (AvgIpc) is 3.12. The van der Waals surface area contributed by atoms with Gasteiger partial charge in [-0.3, -0.25) is 5.32 Å². The Hall–Kier alpha value is -3.35. The summed E-state index contributed by atoms with van der Waals surface area (Å²) in [6.07, 6.45) is 3.57. The zero-order valence-electron chi connectivity index (χ0n) is 13.6. The minimum atomic E-state index is -0.211. The van der Waals surface area contributed by atoms with Crippen molar-refractivity contribution in [2.24, 2.45) is 0 Å². The van der Waals surface area contributed by atoms with Gasteiger partial charge in [0, 0.05) is 24.8 Å². The van der Waals surface area contributed by atoms with Gasteiger partial charge in [-0.2, -0.15) is 0 Å². The Balaban J connectivity index is 1.53. The Morgan fingerprint density at radius 2 is 1.96 bits per heavy atom. The topological polar surface area (TPSA) is 89.1 Å². The molecule has 1 aromatic carbocycles. The van der Waals surface area contributed by atoms with Gasteiger partial charge in [-0.05, 0) is 12.1 Å². The molecule has 4 rings (SSSR count). The fourth-order valence-electron chi connectivity index (χ4n) is 2.88. The van der Waals surface area contributed by atoms with Crippen LogP contribution in [-0.2, 0) is 13.1 Å². The van der Waals surface area contributed by atoms with Crippen LogP contribution in [0.3, 0.4) is 0 Å². The van der Waals surface area contributed by atoms with Gasteiger partial charge in [-0.15, -0.1) is 0 Å². The normalized spacial score (nSPS) is 13.4. The molecular weight excluding hydrogens is 316 g/mol. The zero-order chi connectivity index (χ0) is 17.2. The SMILES string of the molecule is Nc1ccc(-c2ccccc2)nc1NC(=O)N1CCn2cncc2C1. The van der Waals surface area contributed by atoms with Crippen LogP contribution < -0.4 is 11.1 Å². The van der Waals surface area contributed by atoms with Gasteiger partial charge >= 0.3 is 6.03 Å². The molecule has 0 aliphatic carbocycles. The second-order valence-electron chi connectivity index (χ2n) is 5.93. The first kappa shape index (κ1) is 15.2. The molecule has 7 nitrogen and oxygen atoms in total. The van der Waals surface area contributed by atoms with Crippen LogP contribution >= 0.6 is 0 Å². The number of nitrogens with zero attached hydrogens (tertiary/aromatic N) is 4. The number of anilines is 2. The van der Waals surface area contributed by atoms with Gasteiger partial charge < -0.3 is 15.2 Å². The first-order valence-electron chi connectivity index (χ1n) is 8.07. The fraction of sp³-hybridized carbons (Fsp3) is 0.167. The Morgan fingerprint density at radius 3 is 2.80 bits per heavy atom. The molecule has 0 saturated carbocycles. The lowest BCUT2D eigenvalue weighted by atomic mass is 10.1. The van der Waals surface area contributed by atoms with Crippen molar-refractivity contribution in [3.8, 4) is 11.3 Å². The second kappa shape index (κ2) is 6.27. The number of aromatic nitrogens is 3. The Kier molecular flexibility index (Phi) is 3.81. The number of imidazole rings is 1. The van der Waals surface area contributed by atoms with Crippen molar-refractivity contribution in [3.63, 3.8) is 0 Å². The van der Waals surface area contributed by atoms with E-state index in [4.69, 9.17) is 5.73 Å². The van der Waals surface area contributed by atoms with E-state index < -0.39 is 0 Å². The van der Waals surface area contributed by atoms with E-state index in [0.717, 1.165) is 23.5 Å². The maximum Gasteiger partial charge on any atom is 0.323 e. The highest BCUT2D eigenvalue weighted by molar-refractivity contribution is 5.91. The Morgan fingerprint density at radius 1 is 1.12 bits per heavy atom. The number of carbonyl (C=O) groups excluding carboxylic acids is 1. The molecule has 25 heavy (non-hydrogen) atoms. The lowest BCUT2D eigenvalue weighted by Gasteiger charge is -2.28. The number of fused-ring (bicyclic) bond motifs is 1. The number of urea groups is 1. The van der Waals surface area contributed by atoms with Crippen molar-refractivity contribution in [3.05, 3.63) is 60.7 Å². The monoisotopic (exact) mass is 334 g/mol. The lowest BCUT2D eigenvalue weighted by molar-refractivity contribution is 0.197. The van der Waals surface area contributed by atoms with Crippen molar-refractivity contribution in [2.45, 2.75) is 13.1 Å². The predicted molar refractivity (Wildman–Crippen MR) is 95.7 cm³/mol. The van der Waals surface area contributed by atoms with Gasteiger partial charge in [-0.25, -0.2) is 14.8 Å². The van der Waals surface area contributed by atoms with E-state index >= 15 is 0 Å². The van der Waals surface area contributed by atoms with Crippen molar-refractivity contribution in [1.82, 2.24) is 19.4 Å². The zero-order valence-corrected chi connectivity index (χ0v) is 13.6. The molecule has 2 amide bonds. The number of pyridine rings is 1. The van der Waals surface area contributed by atoms with E-state index in [1.807, 2.05) is 41.0 Å². The van der Waals surface area contributed by atoms with E-state index in [2.05, 4.69) is 15.3 Å². The molecule has 0 radical (unpaired) electrons. The number of nitrogens with one attached hydrogen (secondary N) is 1. The van der Waals surface area contributed by atoms with Crippen molar-refractivity contribution >= 4 is 17.5 Å². The fourth-order valence-corrected chi connectivity index (χ4v) is 2.88. The number of rotatable bonds is 2. The van der Waals surface area contributed by atoms with Crippen molar-refractivity contribution in [1.29, 1.82) is 0 Å². The molecule has 0 bridgehead atoms. The standard InChI is InChI=1S/C18H18N6O/c19-15-6-7-16(13-4-2-1-3-5-13)21-17(15)22-18(25)23-8-9-24-12-20-10-14(24)11-23/h1-7,10,12H,8-9,11,19H2,(H,21,22,25). The molecule has 0 spiro atoms. The van der Waals surface area contributed by atoms with E-state index in [9.17, 15) is 4.79 Å². The number of hydrogen-bond donors (Lipinski definition) is 2. The van der Waals surface area contributed by atoms with Crippen molar-refractivity contribution in [2.75, 3.05) is 17.6 Å². The van der Waals surface area contributed by atoms with Crippen LogP contribution in [0.15, 0.2) is 55.0 Å². The molecule has 3 N–H and O–H groups in total. The van der Waals surface area contributed by atoms with Crippen LogP contribution in [0.5, 0.6) is 0 Å². The largest absolute Gasteiger partial charge is 0.396 e. The number of benzene rings is 1. The van der Waals surface area contributed by atoms with Gasteiger partial charge in [0.15, 0.2) is 5.82 Å². The van der Waals surface area contributed by atoms with Gasteiger partial charge in [-0.1, -0.05) is 30.3 Å². The molecule has 7 heteroatoms. The third-order valence-corrected chi connectivity index (χ3v) is 4.27. The molecule has 1 aliphatic rings. The molecule has 3 heterocycles. The number of amides is 2.